The summed E-state index contributed by atoms with van der Waals surface area (Å²) in [6.45, 7) is 0. The minimum Gasteiger partial charge on any atom is -0.282 e. The fourth-order valence-electron chi connectivity index (χ4n) is 4.09. The Balaban J connectivity index is 1.96. The molecule has 0 fully saturated rings. The van der Waals surface area contributed by atoms with Crippen molar-refractivity contribution >= 4 is 17.8 Å². The summed E-state index contributed by atoms with van der Waals surface area (Å²) in [6, 6.07) is 11.9. The number of hydrogen-bond donors (Lipinski definition) is 0. The zero-order chi connectivity index (χ0) is 15.8. The zero-order valence-electron chi connectivity index (χ0n) is 13.0. The molecule has 2 aromatic rings. The summed E-state index contributed by atoms with van der Waals surface area (Å²) in [5.74, 6) is 0. The third-order valence-electron chi connectivity index (χ3n) is 5.07. The van der Waals surface area contributed by atoms with Gasteiger partial charge in [0.05, 0.1) is 16.9 Å². The van der Waals surface area contributed by atoms with Gasteiger partial charge in [-0.1, -0.05) is 18.2 Å². The van der Waals surface area contributed by atoms with Crippen molar-refractivity contribution in [3.8, 4) is 6.07 Å². The lowest BCUT2D eigenvalue weighted by Crippen LogP contribution is -2.19. The number of nitrogens with zero attached hydrogens (tertiary/aromatic N) is 2. The molecule has 0 unspecified atom stereocenters. The topological polar surface area (TPSA) is 44.1 Å². The summed E-state index contributed by atoms with van der Waals surface area (Å²) in [5.41, 5.74) is 7.70. The van der Waals surface area contributed by atoms with E-state index in [-0.39, 0.29) is 0 Å². The van der Waals surface area contributed by atoms with Crippen LogP contribution in [0.4, 0.5) is 11.4 Å². The van der Waals surface area contributed by atoms with Gasteiger partial charge in [-0.15, -0.1) is 0 Å². The highest BCUT2D eigenvalue weighted by Gasteiger charge is 2.28. The Kier molecular flexibility index (Phi) is 3.38. The van der Waals surface area contributed by atoms with Gasteiger partial charge >= 0.3 is 0 Å². The van der Waals surface area contributed by atoms with E-state index in [1.165, 1.54) is 22.3 Å². The average molecular weight is 302 g/mol. The number of carbonyl (C=O) groups is 1. The fraction of sp³-hybridized carbons (Fsp3) is 0.300. The van der Waals surface area contributed by atoms with Gasteiger partial charge in [0.2, 0.25) is 6.41 Å². The average Bonchev–Trinajstić information content (AvgIpc) is 3.23. The van der Waals surface area contributed by atoms with Crippen LogP contribution in [0.3, 0.4) is 0 Å². The number of anilines is 2. The van der Waals surface area contributed by atoms with E-state index in [2.05, 4.69) is 12.1 Å². The van der Waals surface area contributed by atoms with Crippen molar-refractivity contribution in [1.82, 2.24) is 0 Å². The SMILES string of the molecule is N#Cc1ccccc1N(C=O)c1c2c(cc3c1CCC3)CCC2. The van der Waals surface area contributed by atoms with Crippen molar-refractivity contribution in [3.05, 3.63) is 58.1 Å². The van der Waals surface area contributed by atoms with Crippen LogP contribution >= 0.6 is 0 Å². The Morgan fingerprint density at radius 2 is 1.65 bits per heavy atom. The van der Waals surface area contributed by atoms with Gasteiger partial charge in [-0.25, -0.2) is 0 Å². The van der Waals surface area contributed by atoms with Crippen molar-refractivity contribution in [2.24, 2.45) is 0 Å². The van der Waals surface area contributed by atoms with Crippen LogP contribution in [0.25, 0.3) is 0 Å². The van der Waals surface area contributed by atoms with E-state index in [9.17, 15) is 10.1 Å². The molecule has 0 aromatic heterocycles. The number of benzene rings is 2. The van der Waals surface area contributed by atoms with Crippen molar-refractivity contribution in [3.63, 3.8) is 0 Å². The molecular formula is C20H18N2O. The molecule has 0 aliphatic heterocycles. The Bertz CT molecular complexity index is 800. The first-order valence-electron chi connectivity index (χ1n) is 8.23. The molecule has 2 aliphatic rings. The summed E-state index contributed by atoms with van der Waals surface area (Å²) in [6.07, 6.45) is 7.43. The lowest BCUT2D eigenvalue weighted by Gasteiger charge is -2.25. The Labute approximate surface area is 136 Å². The first-order chi connectivity index (χ1) is 11.3. The number of nitriles is 1. The summed E-state index contributed by atoms with van der Waals surface area (Å²) in [5, 5.41) is 9.40. The zero-order valence-corrected chi connectivity index (χ0v) is 13.0. The van der Waals surface area contributed by atoms with E-state index in [1.807, 2.05) is 18.2 Å². The van der Waals surface area contributed by atoms with Gasteiger partial charge in [-0.3, -0.25) is 9.69 Å². The van der Waals surface area contributed by atoms with Crippen LogP contribution in [0.2, 0.25) is 0 Å². The molecule has 1 amide bonds. The summed E-state index contributed by atoms with van der Waals surface area (Å²) in [7, 11) is 0. The molecular weight excluding hydrogens is 284 g/mol. The van der Waals surface area contributed by atoms with Gasteiger partial charge in [-0.2, -0.15) is 5.26 Å². The predicted molar refractivity (Wildman–Crippen MR) is 89.9 cm³/mol. The van der Waals surface area contributed by atoms with Crippen LogP contribution in [-0.2, 0) is 30.5 Å². The van der Waals surface area contributed by atoms with E-state index in [1.54, 1.807) is 11.0 Å². The minimum absolute atomic E-state index is 0.543. The molecule has 0 atom stereocenters. The highest BCUT2D eigenvalue weighted by atomic mass is 16.1. The first kappa shape index (κ1) is 14.0. The lowest BCUT2D eigenvalue weighted by atomic mass is 9.97. The van der Waals surface area contributed by atoms with Crippen molar-refractivity contribution in [2.75, 3.05) is 4.90 Å². The molecule has 0 saturated carbocycles. The standard InChI is InChI=1S/C20H18N2O/c21-12-16-5-1-2-10-19(16)22(13-23)20-17-8-3-6-14(17)11-15-7-4-9-18(15)20/h1-2,5,10-11,13H,3-4,6-9H2. The highest BCUT2D eigenvalue weighted by Crippen LogP contribution is 2.43. The van der Waals surface area contributed by atoms with Gasteiger partial charge in [-0.05, 0) is 72.9 Å². The molecule has 0 bridgehead atoms. The molecule has 0 N–H and O–H groups in total. The third-order valence-corrected chi connectivity index (χ3v) is 5.07. The highest BCUT2D eigenvalue weighted by molar-refractivity contribution is 5.92. The first-order valence-corrected chi connectivity index (χ1v) is 8.23. The van der Waals surface area contributed by atoms with Gasteiger partial charge in [0.15, 0.2) is 0 Å². The van der Waals surface area contributed by atoms with E-state index >= 15 is 0 Å². The third kappa shape index (κ3) is 2.14. The number of hydrogen-bond acceptors (Lipinski definition) is 2. The molecule has 0 heterocycles. The second-order valence-electron chi connectivity index (χ2n) is 6.31. The van der Waals surface area contributed by atoms with E-state index < -0.39 is 0 Å². The maximum Gasteiger partial charge on any atom is 0.218 e. The van der Waals surface area contributed by atoms with Crippen LogP contribution in [0.5, 0.6) is 0 Å². The molecule has 3 heteroatoms. The van der Waals surface area contributed by atoms with E-state index in [4.69, 9.17) is 0 Å². The Morgan fingerprint density at radius 1 is 1.00 bits per heavy atom. The summed E-state index contributed by atoms with van der Waals surface area (Å²) < 4.78 is 0. The quantitative estimate of drug-likeness (QED) is 0.809. The van der Waals surface area contributed by atoms with Crippen LogP contribution in [-0.4, -0.2) is 6.41 Å². The smallest absolute Gasteiger partial charge is 0.218 e. The predicted octanol–water partition coefficient (Wildman–Crippen LogP) is 3.83. The summed E-state index contributed by atoms with van der Waals surface area (Å²) >= 11 is 0. The molecule has 2 aliphatic carbocycles. The van der Waals surface area contributed by atoms with E-state index in [0.717, 1.165) is 50.6 Å². The van der Waals surface area contributed by atoms with Crippen LogP contribution < -0.4 is 4.90 Å². The Hall–Kier alpha value is -2.60. The largest absolute Gasteiger partial charge is 0.282 e. The van der Waals surface area contributed by atoms with Gasteiger partial charge in [0, 0.05) is 0 Å². The van der Waals surface area contributed by atoms with E-state index in [0.29, 0.717) is 11.3 Å². The monoisotopic (exact) mass is 302 g/mol. The lowest BCUT2D eigenvalue weighted by molar-refractivity contribution is -0.106. The number of amides is 1. The van der Waals surface area contributed by atoms with Gasteiger partial charge < -0.3 is 0 Å². The number of carbonyl (C=O) groups excluding carboxylic acids is 1. The number of fused-ring (bicyclic) bond motifs is 2. The molecule has 0 radical (unpaired) electrons. The van der Waals surface area contributed by atoms with Gasteiger partial charge in [0.25, 0.3) is 0 Å². The van der Waals surface area contributed by atoms with Crippen molar-refractivity contribution in [1.29, 1.82) is 5.26 Å². The molecule has 3 nitrogen and oxygen atoms in total. The number of para-hydroxylation sites is 1. The van der Waals surface area contributed by atoms with Gasteiger partial charge in [0.1, 0.15) is 6.07 Å². The molecule has 0 saturated heterocycles. The maximum absolute atomic E-state index is 12.0. The van der Waals surface area contributed by atoms with Crippen LogP contribution in [0, 0.1) is 11.3 Å². The van der Waals surface area contributed by atoms with Crippen LogP contribution in [0.1, 0.15) is 40.7 Å². The number of aryl methyl sites for hydroxylation is 2. The summed E-state index contributed by atoms with van der Waals surface area (Å²) in [4.78, 5) is 13.7. The second-order valence-corrected chi connectivity index (χ2v) is 6.31. The molecule has 4 rings (SSSR count). The second kappa shape index (κ2) is 5.55. The van der Waals surface area contributed by atoms with Crippen molar-refractivity contribution < 1.29 is 4.79 Å². The normalized spacial score (nSPS) is 14.9. The molecule has 0 spiro atoms. The molecule has 114 valence electrons. The maximum atomic E-state index is 12.0. The fourth-order valence-corrected chi connectivity index (χ4v) is 4.09. The van der Waals surface area contributed by atoms with Crippen LogP contribution in [0.15, 0.2) is 30.3 Å². The number of rotatable bonds is 3. The van der Waals surface area contributed by atoms with Crippen molar-refractivity contribution in [2.45, 2.75) is 38.5 Å². The molecule has 2 aromatic carbocycles. The molecule has 23 heavy (non-hydrogen) atoms. The Morgan fingerprint density at radius 3 is 2.26 bits per heavy atom. The minimum atomic E-state index is 0.543.